The Morgan fingerprint density at radius 2 is 1.81 bits per heavy atom. The van der Waals surface area contributed by atoms with Crippen LogP contribution in [0, 0.1) is 0 Å². The predicted octanol–water partition coefficient (Wildman–Crippen LogP) is 4.44. The fraction of sp³-hybridized carbons (Fsp3) is 0. The first-order valence-corrected chi connectivity index (χ1v) is 8.13. The van der Waals surface area contributed by atoms with Gasteiger partial charge in [0.25, 0.3) is 5.91 Å². The van der Waals surface area contributed by atoms with E-state index < -0.39 is 0 Å². The Morgan fingerprint density at radius 1 is 1.14 bits per heavy atom. The second-order valence-electron chi connectivity index (χ2n) is 3.98. The molecule has 4 nitrogen and oxygen atoms in total. The van der Waals surface area contributed by atoms with Crippen molar-refractivity contribution in [2.45, 2.75) is 0 Å². The van der Waals surface area contributed by atoms with Crippen LogP contribution in [0.4, 0.5) is 0 Å². The minimum atomic E-state index is -0.305. The van der Waals surface area contributed by atoms with E-state index in [2.05, 4.69) is 58.3 Å². The number of aromatic hydroxyl groups is 1. The Kier molecular flexibility index (Phi) is 5.55. The number of rotatable bonds is 3. The summed E-state index contributed by atoms with van der Waals surface area (Å²) in [5, 5.41) is 13.7. The molecular formula is C14H9Br3N2O2. The third kappa shape index (κ3) is 3.93. The number of nitrogens with one attached hydrogen (secondary N) is 1. The van der Waals surface area contributed by atoms with Gasteiger partial charge in [0, 0.05) is 15.6 Å². The highest BCUT2D eigenvalue weighted by Crippen LogP contribution is 2.38. The Labute approximate surface area is 146 Å². The summed E-state index contributed by atoms with van der Waals surface area (Å²) in [7, 11) is 0. The lowest BCUT2D eigenvalue weighted by Gasteiger charge is -2.06. The van der Waals surface area contributed by atoms with Crippen LogP contribution < -0.4 is 5.43 Å². The smallest absolute Gasteiger partial charge is 0.271 e. The Balaban J connectivity index is 2.16. The molecule has 0 aliphatic rings. The van der Waals surface area contributed by atoms with Crippen LogP contribution in [0.3, 0.4) is 0 Å². The molecule has 0 aliphatic carbocycles. The Morgan fingerprint density at radius 3 is 2.48 bits per heavy atom. The quantitative estimate of drug-likeness (QED) is 0.508. The molecule has 1 amide bonds. The van der Waals surface area contributed by atoms with Gasteiger partial charge in [0.2, 0.25) is 0 Å². The number of nitrogens with zero attached hydrogens (tertiary/aromatic N) is 1. The summed E-state index contributed by atoms with van der Waals surface area (Å²) in [4.78, 5) is 11.8. The zero-order valence-electron chi connectivity index (χ0n) is 10.5. The number of halogens is 3. The van der Waals surface area contributed by atoms with E-state index in [1.54, 1.807) is 30.3 Å². The van der Waals surface area contributed by atoms with Crippen molar-refractivity contribution in [1.29, 1.82) is 0 Å². The molecule has 0 fully saturated rings. The third-order valence-electron chi connectivity index (χ3n) is 2.58. The van der Waals surface area contributed by atoms with Crippen molar-refractivity contribution in [3.8, 4) is 5.75 Å². The molecule has 0 atom stereocenters. The van der Waals surface area contributed by atoms with Crippen LogP contribution in [0.5, 0.6) is 5.75 Å². The third-order valence-corrected chi connectivity index (χ3v) is 4.64. The standard InChI is InChI=1S/C14H9Br3N2O2/c15-10-6-11(16)13(20)12(17)9(10)7-18-19-14(21)8-4-2-1-3-5-8/h1-7,20H,(H,19,21). The molecule has 21 heavy (non-hydrogen) atoms. The van der Waals surface area contributed by atoms with Crippen molar-refractivity contribution in [3.05, 3.63) is 60.9 Å². The van der Waals surface area contributed by atoms with Gasteiger partial charge in [0.05, 0.1) is 15.2 Å². The fourth-order valence-electron chi connectivity index (χ4n) is 1.52. The van der Waals surface area contributed by atoms with E-state index in [1.807, 2.05) is 6.07 Å². The van der Waals surface area contributed by atoms with Gasteiger partial charge in [-0.15, -0.1) is 0 Å². The number of phenolic OH excluding ortho intramolecular Hbond substituents is 1. The van der Waals surface area contributed by atoms with Crippen molar-refractivity contribution in [3.63, 3.8) is 0 Å². The highest BCUT2D eigenvalue weighted by atomic mass is 79.9. The van der Waals surface area contributed by atoms with Gasteiger partial charge in [-0.05, 0) is 50.1 Å². The molecule has 0 heterocycles. The van der Waals surface area contributed by atoms with Gasteiger partial charge in [-0.25, -0.2) is 5.43 Å². The summed E-state index contributed by atoms with van der Waals surface area (Å²) in [5.41, 5.74) is 3.57. The Hall–Kier alpha value is -1.18. The molecule has 0 saturated heterocycles. The highest BCUT2D eigenvalue weighted by molar-refractivity contribution is 9.11. The monoisotopic (exact) mass is 474 g/mol. The van der Waals surface area contributed by atoms with E-state index in [0.717, 1.165) is 4.47 Å². The molecule has 0 aromatic heterocycles. The van der Waals surface area contributed by atoms with Gasteiger partial charge in [-0.1, -0.05) is 34.1 Å². The van der Waals surface area contributed by atoms with Gasteiger partial charge in [-0.2, -0.15) is 5.10 Å². The first kappa shape index (κ1) is 16.2. The van der Waals surface area contributed by atoms with E-state index >= 15 is 0 Å². The highest BCUT2D eigenvalue weighted by Gasteiger charge is 2.12. The SMILES string of the molecule is O=C(NN=Cc1c(Br)cc(Br)c(O)c1Br)c1ccccc1. The molecule has 0 saturated carbocycles. The molecule has 0 bridgehead atoms. The van der Waals surface area contributed by atoms with Crippen LogP contribution >= 0.6 is 47.8 Å². The average Bonchev–Trinajstić information content (AvgIpc) is 2.49. The van der Waals surface area contributed by atoms with Gasteiger partial charge in [0.15, 0.2) is 0 Å². The number of phenols is 1. The number of hydrogen-bond donors (Lipinski definition) is 2. The van der Waals surface area contributed by atoms with Gasteiger partial charge < -0.3 is 5.11 Å². The molecular weight excluding hydrogens is 468 g/mol. The normalized spacial score (nSPS) is 10.8. The number of amides is 1. The number of hydrazone groups is 1. The van der Waals surface area contributed by atoms with E-state index in [4.69, 9.17) is 0 Å². The van der Waals surface area contributed by atoms with Gasteiger partial charge in [0.1, 0.15) is 5.75 Å². The van der Waals surface area contributed by atoms with Crippen molar-refractivity contribution >= 4 is 59.9 Å². The lowest BCUT2D eigenvalue weighted by atomic mass is 10.2. The summed E-state index contributed by atoms with van der Waals surface area (Å²) in [6.07, 6.45) is 1.45. The van der Waals surface area contributed by atoms with E-state index in [-0.39, 0.29) is 11.7 Å². The molecule has 2 N–H and O–H groups in total. The van der Waals surface area contributed by atoms with Gasteiger partial charge >= 0.3 is 0 Å². The van der Waals surface area contributed by atoms with Crippen molar-refractivity contribution in [2.24, 2.45) is 5.10 Å². The summed E-state index contributed by atoms with van der Waals surface area (Å²) < 4.78 is 1.74. The lowest BCUT2D eigenvalue weighted by Crippen LogP contribution is -2.17. The minimum absolute atomic E-state index is 0.0639. The predicted molar refractivity (Wildman–Crippen MR) is 92.7 cm³/mol. The molecule has 2 aromatic rings. The number of carbonyl (C=O) groups excluding carboxylic acids is 1. The molecule has 2 aromatic carbocycles. The Bertz CT molecular complexity index is 703. The fourth-order valence-corrected chi connectivity index (χ4v) is 3.85. The number of carbonyl (C=O) groups is 1. The summed E-state index contributed by atoms with van der Waals surface area (Å²) in [6, 6.07) is 10.5. The average molecular weight is 477 g/mol. The topological polar surface area (TPSA) is 61.7 Å². The van der Waals surface area contributed by atoms with E-state index in [0.29, 0.717) is 20.1 Å². The largest absolute Gasteiger partial charge is 0.506 e. The van der Waals surface area contributed by atoms with Crippen LogP contribution in [0.2, 0.25) is 0 Å². The van der Waals surface area contributed by atoms with E-state index in [9.17, 15) is 9.90 Å². The lowest BCUT2D eigenvalue weighted by molar-refractivity contribution is 0.0955. The van der Waals surface area contributed by atoms with Crippen molar-refractivity contribution < 1.29 is 9.90 Å². The van der Waals surface area contributed by atoms with Crippen molar-refractivity contribution in [1.82, 2.24) is 5.43 Å². The van der Waals surface area contributed by atoms with E-state index in [1.165, 1.54) is 6.21 Å². The first-order valence-electron chi connectivity index (χ1n) is 5.75. The van der Waals surface area contributed by atoms with Crippen LogP contribution in [0.1, 0.15) is 15.9 Å². The second kappa shape index (κ2) is 7.20. The van der Waals surface area contributed by atoms with Crippen LogP contribution in [0.15, 0.2) is 54.9 Å². The van der Waals surface area contributed by atoms with Crippen LogP contribution in [0.25, 0.3) is 0 Å². The zero-order chi connectivity index (χ0) is 15.4. The molecule has 2 rings (SSSR count). The summed E-state index contributed by atoms with van der Waals surface area (Å²) in [5.74, 6) is -0.241. The summed E-state index contributed by atoms with van der Waals surface area (Å²) in [6.45, 7) is 0. The molecule has 0 unspecified atom stereocenters. The number of benzene rings is 2. The molecule has 108 valence electrons. The van der Waals surface area contributed by atoms with Crippen LogP contribution in [-0.4, -0.2) is 17.2 Å². The molecule has 0 aliphatic heterocycles. The maximum atomic E-state index is 11.8. The van der Waals surface area contributed by atoms with Gasteiger partial charge in [-0.3, -0.25) is 4.79 Å². The maximum absolute atomic E-state index is 11.8. The molecule has 0 radical (unpaired) electrons. The zero-order valence-corrected chi connectivity index (χ0v) is 15.2. The molecule has 7 heteroatoms. The minimum Gasteiger partial charge on any atom is -0.506 e. The summed E-state index contributed by atoms with van der Waals surface area (Å²) >= 11 is 9.88. The maximum Gasteiger partial charge on any atom is 0.271 e. The van der Waals surface area contributed by atoms with Crippen LogP contribution in [-0.2, 0) is 0 Å². The molecule has 0 spiro atoms. The first-order chi connectivity index (χ1) is 10.0. The van der Waals surface area contributed by atoms with Crippen molar-refractivity contribution in [2.75, 3.05) is 0 Å². The second-order valence-corrected chi connectivity index (χ2v) is 6.48. The number of hydrogen-bond acceptors (Lipinski definition) is 3.